The van der Waals surface area contributed by atoms with E-state index in [1.807, 2.05) is 6.92 Å². The fraction of sp³-hybridized carbons (Fsp3) is 0.167. The van der Waals surface area contributed by atoms with Gasteiger partial charge in [0, 0.05) is 18.0 Å². The van der Waals surface area contributed by atoms with Gasteiger partial charge in [0.05, 0.1) is 18.4 Å². The summed E-state index contributed by atoms with van der Waals surface area (Å²) in [6, 6.07) is 6.74. The molecule has 0 saturated heterocycles. The minimum atomic E-state index is -0.352. The third kappa shape index (κ3) is 4.42. The Morgan fingerprint density at radius 3 is 3.00 bits per heavy atom. The molecule has 0 radical (unpaired) electrons. The summed E-state index contributed by atoms with van der Waals surface area (Å²) in [5.74, 6) is 0.111. The van der Waals surface area contributed by atoms with E-state index < -0.39 is 0 Å². The first kappa shape index (κ1) is 17.2. The highest BCUT2D eigenvalue weighted by Gasteiger charge is 2.09. The summed E-state index contributed by atoms with van der Waals surface area (Å²) in [6.45, 7) is 5.94. The summed E-state index contributed by atoms with van der Waals surface area (Å²) in [7, 11) is 0. The topological polar surface area (TPSA) is 83.8 Å². The summed E-state index contributed by atoms with van der Waals surface area (Å²) in [4.78, 5) is 15.8. The van der Waals surface area contributed by atoms with Gasteiger partial charge in [-0.05, 0) is 43.2 Å². The van der Waals surface area contributed by atoms with Crippen LogP contribution in [0.1, 0.15) is 28.4 Å². The van der Waals surface area contributed by atoms with Crippen LogP contribution in [0.25, 0.3) is 0 Å². The van der Waals surface area contributed by atoms with Crippen molar-refractivity contribution in [2.45, 2.75) is 13.3 Å². The third-order valence-electron chi connectivity index (χ3n) is 3.14. The minimum absolute atomic E-state index is 0.0910. The van der Waals surface area contributed by atoms with Gasteiger partial charge in [-0.1, -0.05) is 6.08 Å². The molecule has 1 amide bonds. The zero-order chi connectivity index (χ0) is 17.4. The average molecular weight is 325 g/mol. The Hall–Kier alpha value is -3.15. The number of nitrogens with one attached hydrogen (secondary N) is 1. The highest BCUT2D eigenvalue weighted by Crippen LogP contribution is 2.31. The highest BCUT2D eigenvalue weighted by atomic mass is 16.5. The number of aromatic hydroxyl groups is 1. The fourth-order valence-electron chi connectivity index (χ4n) is 2.07. The molecule has 2 N–H and O–H groups in total. The molecule has 0 atom stereocenters. The summed E-state index contributed by atoms with van der Waals surface area (Å²) < 4.78 is 5.42. The number of amides is 1. The number of carbonyl (C=O) groups excluding carboxylic acids is 1. The predicted molar refractivity (Wildman–Crippen MR) is 92.5 cm³/mol. The molecular weight excluding hydrogens is 306 g/mol. The Balaban J connectivity index is 2.16. The maximum atomic E-state index is 11.9. The first-order valence-electron chi connectivity index (χ1n) is 7.48. The van der Waals surface area contributed by atoms with E-state index in [0.29, 0.717) is 35.5 Å². The second-order valence-corrected chi connectivity index (χ2v) is 4.89. The average Bonchev–Trinajstić information content (AvgIpc) is 2.60. The molecular formula is C18H19N3O3. The monoisotopic (exact) mass is 325 g/mol. The SMILES string of the molecule is C=CCc1cc(/C=N/NC(=O)c2cccnc2)cc(OCC)c1O. The molecule has 2 rings (SSSR count). The third-order valence-corrected chi connectivity index (χ3v) is 3.14. The largest absolute Gasteiger partial charge is 0.504 e. The number of nitrogens with zero attached hydrogens (tertiary/aromatic N) is 2. The van der Waals surface area contributed by atoms with Crippen LogP contribution in [0.5, 0.6) is 11.5 Å². The molecule has 24 heavy (non-hydrogen) atoms. The second-order valence-electron chi connectivity index (χ2n) is 4.89. The van der Waals surface area contributed by atoms with E-state index in [9.17, 15) is 9.90 Å². The van der Waals surface area contributed by atoms with Crippen molar-refractivity contribution in [2.24, 2.45) is 5.10 Å². The lowest BCUT2D eigenvalue weighted by Gasteiger charge is -2.10. The highest BCUT2D eigenvalue weighted by molar-refractivity contribution is 5.94. The Morgan fingerprint density at radius 1 is 1.50 bits per heavy atom. The van der Waals surface area contributed by atoms with Gasteiger partial charge in [0.15, 0.2) is 11.5 Å². The van der Waals surface area contributed by atoms with Crippen molar-refractivity contribution in [3.8, 4) is 11.5 Å². The summed E-state index contributed by atoms with van der Waals surface area (Å²) in [6.07, 6.45) is 6.72. The lowest BCUT2D eigenvalue weighted by atomic mass is 10.1. The first-order valence-corrected chi connectivity index (χ1v) is 7.48. The summed E-state index contributed by atoms with van der Waals surface area (Å²) >= 11 is 0. The molecule has 6 heteroatoms. The van der Waals surface area contributed by atoms with Gasteiger partial charge in [-0.15, -0.1) is 6.58 Å². The maximum absolute atomic E-state index is 11.9. The molecule has 6 nitrogen and oxygen atoms in total. The quantitative estimate of drug-likeness (QED) is 0.466. The smallest absolute Gasteiger partial charge is 0.272 e. The van der Waals surface area contributed by atoms with Crippen LogP contribution in [0.3, 0.4) is 0 Å². The van der Waals surface area contributed by atoms with Crippen molar-refractivity contribution in [2.75, 3.05) is 6.61 Å². The van der Waals surface area contributed by atoms with Crippen LogP contribution < -0.4 is 10.2 Å². The first-order chi connectivity index (χ1) is 11.7. The standard InChI is InChI=1S/C18H19N3O3/c1-3-6-14-9-13(10-16(17(14)22)24-4-2)11-20-21-18(23)15-7-5-8-19-12-15/h3,5,7-12,22H,1,4,6H2,2H3,(H,21,23)/b20-11+. The van der Waals surface area contributed by atoms with E-state index in [1.54, 1.807) is 36.5 Å². The van der Waals surface area contributed by atoms with Gasteiger partial charge in [-0.3, -0.25) is 9.78 Å². The number of benzene rings is 1. The molecule has 0 unspecified atom stereocenters. The number of allylic oxidation sites excluding steroid dienone is 1. The molecule has 0 aliphatic rings. The number of aromatic nitrogens is 1. The van der Waals surface area contributed by atoms with Crippen LogP contribution in [-0.2, 0) is 6.42 Å². The van der Waals surface area contributed by atoms with E-state index >= 15 is 0 Å². The summed E-state index contributed by atoms with van der Waals surface area (Å²) in [5.41, 5.74) is 4.22. The molecule has 2 aromatic rings. The molecule has 1 aromatic carbocycles. The molecule has 1 heterocycles. The Kier molecular flexibility index (Phi) is 6.08. The van der Waals surface area contributed by atoms with Crippen LogP contribution in [0.2, 0.25) is 0 Å². The molecule has 0 spiro atoms. The van der Waals surface area contributed by atoms with Crippen molar-refractivity contribution in [3.05, 3.63) is 66.0 Å². The number of pyridine rings is 1. The van der Waals surface area contributed by atoms with Crippen molar-refractivity contribution in [1.82, 2.24) is 10.4 Å². The maximum Gasteiger partial charge on any atom is 0.272 e. The fourth-order valence-corrected chi connectivity index (χ4v) is 2.07. The van der Waals surface area contributed by atoms with Crippen LogP contribution >= 0.6 is 0 Å². The summed E-state index contributed by atoms with van der Waals surface area (Å²) in [5, 5.41) is 14.1. The van der Waals surface area contributed by atoms with Crippen LogP contribution in [0.15, 0.2) is 54.4 Å². The van der Waals surface area contributed by atoms with E-state index in [-0.39, 0.29) is 11.7 Å². The molecule has 0 fully saturated rings. The molecule has 124 valence electrons. The van der Waals surface area contributed by atoms with Gasteiger partial charge < -0.3 is 9.84 Å². The van der Waals surface area contributed by atoms with E-state index in [1.165, 1.54) is 12.4 Å². The molecule has 1 aromatic heterocycles. The van der Waals surface area contributed by atoms with E-state index in [0.717, 1.165) is 0 Å². The zero-order valence-corrected chi connectivity index (χ0v) is 13.4. The normalized spacial score (nSPS) is 10.5. The van der Waals surface area contributed by atoms with Crippen molar-refractivity contribution >= 4 is 12.1 Å². The number of carbonyl (C=O) groups is 1. The van der Waals surface area contributed by atoms with Crippen LogP contribution in [0, 0.1) is 0 Å². The Bertz CT molecular complexity index is 743. The van der Waals surface area contributed by atoms with Crippen molar-refractivity contribution in [3.63, 3.8) is 0 Å². The van der Waals surface area contributed by atoms with E-state index in [2.05, 4.69) is 22.1 Å². The van der Waals surface area contributed by atoms with E-state index in [4.69, 9.17) is 4.74 Å². The molecule has 0 bridgehead atoms. The number of hydrazone groups is 1. The number of hydrogen-bond acceptors (Lipinski definition) is 5. The van der Waals surface area contributed by atoms with Gasteiger partial charge in [0.25, 0.3) is 5.91 Å². The zero-order valence-electron chi connectivity index (χ0n) is 13.4. The van der Waals surface area contributed by atoms with Gasteiger partial charge in [0.1, 0.15) is 0 Å². The second kappa shape index (κ2) is 8.47. The lowest BCUT2D eigenvalue weighted by Crippen LogP contribution is -2.17. The Labute approximate surface area is 140 Å². The van der Waals surface area contributed by atoms with Gasteiger partial charge in [-0.2, -0.15) is 5.10 Å². The number of hydrogen-bond donors (Lipinski definition) is 2. The number of rotatable bonds is 7. The molecule has 0 aliphatic heterocycles. The van der Waals surface area contributed by atoms with Crippen LogP contribution in [0.4, 0.5) is 0 Å². The predicted octanol–water partition coefficient (Wildman–Crippen LogP) is 2.68. The Morgan fingerprint density at radius 2 is 2.33 bits per heavy atom. The van der Waals surface area contributed by atoms with Crippen molar-refractivity contribution < 1.29 is 14.6 Å². The van der Waals surface area contributed by atoms with Gasteiger partial charge in [0.2, 0.25) is 0 Å². The number of phenols is 1. The van der Waals surface area contributed by atoms with Gasteiger partial charge >= 0.3 is 0 Å². The minimum Gasteiger partial charge on any atom is -0.504 e. The number of ether oxygens (including phenoxy) is 1. The molecule has 0 aliphatic carbocycles. The van der Waals surface area contributed by atoms with Gasteiger partial charge in [-0.25, -0.2) is 5.43 Å². The lowest BCUT2D eigenvalue weighted by molar-refractivity contribution is 0.0955. The van der Waals surface area contributed by atoms with Crippen molar-refractivity contribution in [1.29, 1.82) is 0 Å². The van der Waals surface area contributed by atoms with Crippen LogP contribution in [-0.4, -0.2) is 28.8 Å². The molecule has 0 saturated carbocycles. The number of phenolic OH excluding ortho intramolecular Hbond substituents is 1.